The van der Waals surface area contributed by atoms with E-state index < -0.39 is 0 Å². The number of imidazole rings is 1. The smallest absolute Gasteiger partial charge is 0.274 e. The number of carbonyl (C=O) groups is 1. The van der Waals surface area contributed by atoms with E-state index in [1.165, 1.54) is 0 Å². The highest BCUT2D eigenvalue weighted by Crippen LogP contribution is 2.31. The molecule has 0 spiro atoms. The van der Waals surface area contributed by atoms with Crippen molar-refractivity contribution in [1.82, 2.24) is 19.4 Å². The van der Waals surface area contributed by atoms with Crippen LogP contribution in [0.5, 0.6) is 0 Å². The summed E-state index contributed by atoms with van der Waals surface area (Å²) in [6.45, 7) is 1.87. The molecule has 2 heterocycles. The molecule has 6 heteroatoms. The SMILES string of the molecule is CN(C)C[C@@H]1OCCN(C(=O)c2cn(C)cn2)[C@H]1c1ccccc1. The number of ether oxygens (including phenoxy) is 1. The second-order valence-electron chi connectivity index (χ2n) is 6.45. The summed E-state index contributed by atoms with van der Waals surface area (Å²) in [5.41, 5.74) is 1.57. The van der Waals surface area contributed by atoms with Crippen LogP contribution in [0.15, 0.2) is 42.9 Å². The molecule has 0 radical (unpaired) electrons. The van der Waals surface area contributed by atoms with E-state index in [0.29, 0.717) is 18.8 Å². The van der Waals surface area contributed by atoms with Crippen molar-refractivity contribution in [2.75, 3.05) is 33.8 Å². The zero-order valence-electron chi connectivity index (χ0n) is 14.4. The molecule has 0 unspecified atom stereocenters. The number of likely N-dealkylation sites (N-methyl/N-ethyl adjacent to an activating group) is 1. The molecule has 2 atom stereocenters. The topological polar surface area (TPSA) is 50.6 Å². The maximum absolute atomic E-state index is 13.0. The summed E-state index contributed by atoms with van der Waals surface area (Å²) >= 11 is 0. The maximum Gasteiger partial charge on any atom is 0.274 e. The number of carbonyl (C=O) groups excluding carboxylic acids is 1. The Morgan fingerprint density at radius 1 is 1.33 bits per heavy atom. The maximum atomic E-state index is 13.0. The van der Waals surface area contributed by atoms with E-state index in [4.69, 9.17) is 4.74 Å². The standard InChI is InChI=1S/C18H24N4O2/c1-20(2)12-16-17(14-7-5-4-6-8-14)22(9-10-24-16)18(23)15-11-21(3)13-19-15/h4-8,11,13,16-17H,9-10,12H2,1-3H3/t16-,17-/m0/s1. The average Bonchev–Trinajstić information content (AvgIpc) is 3.01. The largest absolute Gasteiger partial charge is 0.373 e. The Labute approximate surface area is 142 Å². The molecule has 0 N–H and O–H groups in total. The number of rotatable bonds is 4. The first kappa shape index (κ1) is 16.7. The summed E-state index contributed by atoms with van der Waals surface area (Å²) in [4.78, 5) is 21.2. The highest BCUT2D eigenvalue weighted by molar-refractivity contribution is 5.92. The van der Waals surface area contributed by atoms with Gasteiger partial charge in [0, 0.05) is 26.3 Å². The average molecular weight is 328 g/mol. The van der Waals surface area contributed by atoms with Crippen LogP contribution in [-0.2, 0) is 11.8 Å². The molecule has 1 fully saturated rings. The van der Waals surface area contributed by atoms with E-state index in [9.17, 15) is 4.79 Å². The van der Waals surface area contributed by atoms with E-state index >= 15 is 0 Å². The number of nitrogens with zero attached hydrogens (tertiary/aromatic N) is 4. The number of hydrogen-bond donors (Lipinski definition) is 0. The van der Waals surface area contributed by atoms with Crippen LogP contribution < -0.4 is 0 Å². The van der Waals surface area contributed by atoms with Gasteiger partial charge in [-0.15, -0.1) is 0 Å². The Kier molecular flexibility index (Phi) is 4.97. The van der Waals surface area contributed by atoms with Crippen molar-refractivity contribution >= 4 is 5.91 Å². The van der Waals surface area contributed by atoms with Crippen LogP contribution in [0.3, 0.4) is 0 Å². The lowest BCUT2D eigenvalue weighted by Crippen LogP contribution is -2.51. The van der Waals surface area contributed by atoms with Gasteiger partial charge in [-0.3, -0.25) is 4.79 Å². The second-order valence-corrected chi connectivity index (χ2v) is 6.45. The summed E-state index contributed by atoms with van der Waals surface area (Å²) in [6.07, 6.45) is 3.35. The predicted molar refractivity (Wildman–Crippen MR) is 91.7 cm³/mol. The molecular weight excluding hydrogens is 304 g/mol. The minimum absolute atomic E-state index is 0.0449. The normalized spacial score (nSPS) is 21.2. The molecule has 24 heavy (non-hydrogen) atoms. The van der Waals surface area contributed by atoms with E-state index in [2.05, 4.69) is 22.0 Å². The molecule has 1 amide bonds. The van der Waals surface area contributed by atoms with Crippen LogP contribution in [0.1, 0.15) is 22.1 Å². The van der Waals surface area contributed by atoms with Crippen LogP contribution in [0.25, 0.3) is 0 Å². The quantitative estimate of drug-likeness (QED) is 0.855. The molecule has 1 saturated heterocycles. The van der Waals surface area contributed by atoms with Gasteiger partial charge in [0.15, 0.2) is 0 Å². The van der Waals surface area contributed by atoms with Crippen LogP contribution in [-0.4, -0.2) is 65.2 Å². The van der Waals surface area contributed by atoms with Crippen LogP contribution in [0.2, 0.25) is 0 Å². The number of hydrogen-bond acceptors (Lipinski definition) is 4. The number of aromatic nitrogens is 2. The summed E-state index contributed by atoms with van der Waals surface area (Å²) in [7, 11) is 5.91. The molecule has 1 aromatic carbocycles. The van der Waals surface area contributed by atoms with Gasteiger partial charge in [-0.25, -0.2) is 4.98 Å². The van der Waals surface area contributed by atoms with Crippen molar-refractivity contribution < 1.29 is 9.53 Å². The first-order valence-electron chi connectivity index (χ1n) is 8.16. The molecule has 0 aliphatic carbocycles. The number of benzene rings is 1. The van der Waals surface area contributed by atoms with Crippen molar-refractivity contribution in [1.29, 1.82) is 0 Å². The van der Waals surface area contributed by atoms with E-state index in [1.54, 1.807) is 17.1 Å². The predicted octanol–water partition coefficient (Wildman–Crippen LogP) is 1.56. The molecule has 0 saturated carbocycles. The number of amides is 1. The first-order valence-corrected chi connectivity index (χ1v) is 8.16. The van der Waals surface area contributed by atoms with Gasteiger partial charge in [0.2, 0.25) is 0 Å². The van der Waals surface area contributed by atoms with Crippen molar-refractivity contribution in [2.45, 2.75) is 12.1 Å². The summed E-state index contributed by atoms with van der Waals surface area (Å²) in [5, 5.41) is 0. The van der Waals surface area contributed by atoms with Gasteiger partial charge in [0.1, 0.15) is 5.69 Å². The van der Waals surface area contributed by atoms with E-state index in [-0.39, 0.29) is 18.1 Å². The van der Waals surface area contributed by atoms with Gasteiger partial charge in [0.25, 0.3) is 5.91 Å². The van der Waals surface area contributed by atoms with Gasteiger partial charge in [-0.1, -0.05) is 30.3 Å². The zero-order chi connectivity index (χ0) is 17.1. The fourth-order valence-electron chi connectivity index (χ4n) is 3.19. The Morgan fingerprint density at radius 3 is 2.71 bits per heavy atom. The number of morpholine rings is 1. The summed E-state index contributed by atoms with van der Waals surface area (Å²) < 4.78 is 7.81. The molecule has 1 aliphatic heterocycles. The Morgan fingerprint density at radius 2 is 2.08 bits per heavy atom. The van der Waals surface area contributed by atoms with Gasteiger partial charge in [-0.2, -0.15) is 0 Å². The minimum Gasteiger partial charge on any atom is -0.373 e. The second kappa shape index (κ2) is 7.15. The van der Waals surface area contributed by atoms with Gasteiger partial charge < -0.3 is 19.1 Å². The highest BCUT2D eigenvalue weighted by Gasteiger charge is 2.37. The third-order valence-electron chi connectivity index (χ3n) is 4.22. The van der Waals surface area contributed by atoms with Crippen molar-refractivity contribution in [3.05, 3.63) is 54.1 Å². The molecular formula is C18H24N4O2. The van der Waals surface area contributed by atoms with E-state index in [0.717, 1.165) is 12.1 Å². The third kappa shape index (κ3) is 3.49. The van der Waals surface area contributed by atoms with Crippen LogP contribution >= 0.6 is 0 Å². The van der Waals surface area contributed by atoms with Crippen LogP contribution in [0.4, 0.5) is 0 Å². The first-order chi connectivity index (χ1) is 11.6. The zero-order valence-corrected chi connectivity index (χ0v) is 14.4. The van der Waals surface area contributed by atoms with Gasteiger partial charge in [-0.05, 0) is 19.7 Å². The molecule has 2 aromatic rings. The van der Waals surface area contributed by atoms with Crippen molar-refractivity contribution in [3.8, 4) is 0 Å². The highest BCUT2D eigenvalue weighted by atomic mass is 16.5. The molecule has 128 valence electrons. The Balaban J connectivity index is 1.94. The lowest BCUT2D eigenvalue weighted by Gasteiger charge is -2.42. The lowest BCUT2D eigenvalue weighted by atomic mass is 9.97. The minimum atomic E-state index is -0.114. The Bertz CT molecular complexity index is 683. The summed E-state index contributed by atoms with van der Waals surface area (Å²) in [6, 6.07) is 9.98. The van der Waals surface area contributed by atoms with Gasteiger partial charge in [0.05, 0.1) is 25.1 Å². The number of aryl methyl sites for hydroxylation is 1. The van der Waals surface area contributed by atoms with Crippen molar-refractivity contribution in [2.24, 2.45) is 7.05 Å². The molecule has 3 rings (SSSR count). The monoisotopic (exact) mass is 328 g/mol. The van der Waals surface area contributed by atoms with Crippen molar-refractivity contribution in [3.63, 3.8) is 0 Å². The fraction of sp³-hybridized carbons (Fsp3) is 0.444. The third-order valence-corrected chi connectivity index (χ3v) is 4.22. The van der Waals surface area contributed by atoms with Crippen LogP contribution in [0, 0.1) is 0 Å². The molecule has 1 aliphatic rings. The molecule has 0 bridgehead atoms. The molecule has 6 nitrogen and oxygen atoms in total. The van der Waals surface area contributed by atoms with Gasteiger partial charge >= 0.3 is 0 Å². The lowest BCUT2D eigenvalue weighted by molar-refractivity contribution is -0.0686. The Hall–Kier alpha value is -2.18. The fourth-order valence-corrected chi connectivity index (χ4v) is 3.19. The molecule has 1 aromatic heterocycles. The summed E-state index contributed by atoms with van der Waals surface area (Å²) in [5.74, 6) is -0.0449. The van der Waals surface area contributed by atoms with E-state index in [1.807, 2.05) is 44.2 Å².